The smallest absolute Gasteiger partial charge is 0.0172 e. The van der Waals surface area contributed by atoms with E-state index in [2.05, 4.69) is 117 Å². The van der Waals surface area contributed by atoms with Gasteiger partial charge < -0.3 is 0 Å². The molecule has 0 radical (unpaired) electrons. The normalized spacial score (nSPS) is 11.9. The van der Waals surface area contributed by atoms with E-state index < -0.39 is 0 Å². The zero-order chi connectivity index (χ0) is 19.3. The average Bonchev–Trinajstić information content (AvgIpc) is 2.79. The standard InChI is InChI=1S/C28H26/c1-3-21(2)22-14-16-25(17-15-22)28-19-26(23-10-6-4-7-11-23)18-27(20-28)24-12-8-5-9-13-24/h4-21H,3H2,1-2H3. The van der Waals surface area contributed by atoms with Crippen molar-refractivity contribution in [3.05, 3.63) is 109 Å². The maximum atomic E-state index is 2.31. The third kappa shape index (κ3) is 3.92. The lowest BCUT2D eigenvalue weighted by Gasteiger charge is -2.13. The summed E-state index contributed by atoms with van der Waals surface area (Å²) in [5, 5.41) is 0. The van der Waals surface area contributed by atoms with Gasteiger partial charge in [-0.3, -0.25) is 0 Å². The van der Waals surface area contributed by atoms with Crippen LogP contribution in [-0.2, 0) is 0 Å². The van der Waals surface area contributed by atoms with E-state index in [4.69, 9.17) is 0 Å². The highest BCUT2D eigenvalue weighted by Crippen LogP contribution is 2.33. The van der Waals surface area contributed by atoms with E-state index >= 15 is 0 Å². The Morgan fingerprint density at radius 2 is 0.893 bits per heavy atom. The Balaban J connectivity index is 1.82. The summed E-state index contributed by atoms with van der Waals surface area (Å²) in [6.45, 7) is 4.53. The van der Waals surface area contributed by atoms with Crippen LogP contribution in [0.1, 0.15) is 31.7 Å². The van der Waals surface area contributed by atoms with Gasteiger partial charge in [-0.1, -0.05) is 98.8 Å². The Morgan fingerprint density at radius 3 is 1.29 bits per heavy atom. The lowest BCUT2D eigenvalue weighted by atomic mass is 9.92. The van der Waals surface area contributed by atoms with Gasteiger partial charge in [0.05, 0.1) is 0 Å². The average molecular weight is 363 g/mol. The van der Waals surface area contributed by atoms with Crippen molar-refractivity contribution >= 4 is 0 Å². The van der Waals surface area contributed by atoms with Crippen LogP contribution in [0.4, 0.5) is 0 Å². The molecule has 0 aliphatic rings. The molecule has 1 atom stereocenters. The van der Waals surface area contributed by atoms with Gasteiger partial charge in [-0.2, -0.15) is 0 Å². The molecule has 1 unspecified atom stereocenters. The van der Waals surface area contributed by atoms with Crippen molar-refractivity contribution in [2.75, 3.05) is 0 Å². The second-order valence-electron chi connectivity index (χ2n) is 7.46. The first-order valence-electron chi connectivity index (χ1n) is 10.1. The van der Waals surface area contributed by atoms with E-state index in [0.717, 1.165) is 0 Å². The SMILES string of the molecule is CCC(C)c1ccc(-c2cc(-c3ccccc3)cc(-c3ccccc3)c2)cc1. The van der Waals surface area contributed by atoms with Crippen molar-refractivity contribution in [3.8, 4) is 33.4 Å². The Bertz CT molecular complexity index is 971. The van der Waals surface area contributed by atoms with E-state index in [1.165, 1.54) is 45.4 Å². The number of benzene rings is 4. The van der Waals surface area contributed by atoms with Crippen molar-refractivity contribution in [1.82, 2.24) is 0 Å². The van der Waals surface area contributed by atoms with Crippen molar-refractivity contribution in [1.29, 1.82) is 0 Å². The highest BCUT2D eigenvalue weighted by Gasteiger charge is 2.08. The zero-order valence-electron chi connectivity index (χ0n) is 16.6. The Morgan fingerprint density at radius 1 is 0.500 bits per heavy atom. The molecule has 4 aromatic rings. The molecule has 0 spiro atoms. The maximum Gasteiger partial charge on any atom is -0.0172 e. The van der Waals surface area contributed by atoms with Crippen LogP contribution in [0.25, 0.3) is 33.4 Å². The van der Waals surface area contributed by atoms with E-state index in [1.807, 2.05) is 0 Å². The molecular formula is C28H26. The minimum atomic E-state index is 0.601. The summed E-state index contributed by atoms with van der Waals surface area (Å²) in [5.74, 6) is 0.601. The lowest BCUT2D eigenvalue weighted by Crippen LogP contribution is -1.91. The fourth-order valence-electron chi connectivity index (χ4n) is 3.63. The van der Waals surface area contributed by atoms with Gasteiger partial charge in [-0.25, -0.2) is 0 Å². The van der Waals surface area contributed by atoms with E-state index in [-0.39, 0.29) is 0 Å². The van der Waals surface area contributed by atoms with Crippen LogP contribution in [-0.4, -0.2) is 0 Å². The summed E-state index contributed by atoms with van der Waals surface area (Å²) in [5.41, 5.74) is 8.94. The minimum Gasteiger partial charge on any atom is -0.0648 e. The molecule has 138 valence electrons. The van der Waals surface area contributed by atoms with E-state index in [9.17, 15) is 0 Å². The molecule has 0 nitrogen and oxygen atoms in total. The van der Waals surface area contributed by atoms with Gasteiger partial charge in [0, 0.05) is 0 Å². The van der Waals surface area contributed by atoms with Gasteiger partial charge in [0.25, 0.3) is 0 Å². The third-order valence-corrected chi connectivity index (χ3v) is 5.57. The summed E-state index contributed by atoms with van der Waals surface area (Å²) in [6.07, 6.45) is 1.17. The first-order chi connectivity index (χ1) is 13.7. The van der Waals surface area contributed by atoms with Crippen LogP contribution in [0.3, 0.4) is 0 Å². The molecule has 28 heavy (non-hydrogen) atoms. The van der Waals surface area contributed by atoms with Crippen LogP contribution in [0.2, 0.25) is 0 Å². The molecule has 0 aliphatic carbocycles. The molecule has 0 aliphatic heterocycles. The molecule has 0 N–H and O–H groups in total. The fourth-order valence-corrected chi connectivity index (χ4v) is 3.63. The van der Waals surface area contributed by atoms with Crippen molar-refractivity contribution in [2.45, 2.75) is 26.2 Å². The molecule has 4 rings (SSSR count). The summed E-state index contributed by atoms with van der Waals surface area (Å²) < 4.78 is 0. The predicted molar refractivity (Wildman–Crippen MR) is 121 cm³/mol. The Labute approximate surface area is 168 Å². The molecule has 0 fully saturated rings. The van der Waals surface area contributed by atoms with Crippen LogP contribution in [0, 0.1) is 0 Å². The first kappa shape index (κ1) is 18.3. The quantitative estimate of drug-likeness (QED) is 0.335. The van der Waals surface area contributed by atoms with Gasteiger partial charge >= 0.3 is 0 Å². The molecule has 0 saturated heterocycles. The fraction of sp³-hybridized carbons (Fsp3) is 0.143. The van der Waals surface area contributed by atoms with Crippen LogP contribution in [0.15, 0.2) is 103 Å². The largest absolute Gasteiger partial charge is 0.0648 e. The van der Waals surface area contributed by atoms with Gasteiger partial charge in [0.15, 0.2) is 0 Å². The summed E-state index contributed by atoms with van der Waals surface area (Å²) in [4.78, 5) is 0. The molecule has 0 aromatic heterocycles. The molecular weight excluding hydrogens is 336 g/mol. The van der Waals surface area contributed by atoms with Gasteiger partial charge in [0.2, 0.25) is 0 Å². The zero-order valence-corrected chi connectivity index (χ0v) is 16.6. The molecule has 4 aromatic carbocycles. The highest BCUT2D eigenvalue weighted by molar-refractivity contribution is 5.81. The number of hydrogen-bond donors (Lipinski definition) is 0. The second-order valence-corrected chi connectivity index (χ2v) is 7.46. The molecule has 0 heteroatoms. The number of rotatable bonds is 5. The second kappa shape index (κ2) is 8.27. The monoisotopic (exact) mass is 362 g/mol. The van der Waals surface area contributed by atoms with Gasteiger partial charge in [-0.05, 0) is 69.5 Å². The predicted octanol–water partition coefficient (Wildman–Crippen LogP) is 8.20. The van der Waals surface area contributed by atoms with Crippen molar-refractivity contribution < 1.29 is 0 Å². The molecule has 0 heterocycles. The van der Waals surface area contributed by atoms with Crippen LogP contribution in [0.5, 0.6) is 0 Å². The van der Waals surface area contributed by atoms with Crippen LogP contribution >= 0.6 is 0 Å². The van der Waals surface area contributed by atoms with Crippen molar-refractivity contribution in [3.63, 3.8) is 0 Å². The van der Waals surface area contributed by atoms with E-state index in [0.29, 0.717) is 5.92 Å². The summed E-state index contributed by atoms with van der Waals surface area (Å²) in [7, 11) is 0. The van der Waals surface area contributed by atoms with Crippen molar-refractivity contribution in [2.24, 2.45) is 0 Å². The van der Waals surface area contributed by atoms with Gasteiger partial charge in [0.1, 0.15) is 0 Å². The summed E-state index contributed by atoms with van der Waals surface area (Å²) >= 11 is 0. The lowest BCUT2D eigenvalue weighted by molar-refractivity contribution is 0.734. The van der Waals surface area contributed by atoms with E-state index in [1.54, 1.807) is 0 Å². The minimum absolute atomic E-state index is 0.601. The first-order valence-corrected chi connectivity index (χ1v) is 10.1. The third-order valence-electron chi connectivity index (χ3n) is 5.57. The highest BCUT2D eigenvalue weighted by atomic mass is 14.1. The molecule has 0 saturated carbocycles. The van der Waals surface area contributed by atoms with Crippen LogP contribution < -0.4 is 0 Å². The van der Waals surface area contributed by atoms with Gasteiger partial charge in [-0.15, -0.1) is 0 Å². The Hall–Kier alpha value is -3.12. The maximum absolute atomic E-state index is 2.31. The number of hydrogen-bond acceptors (Lipinski definition) is 0. The topological polar surface area (TPSA) is 0 Å². The molecule has 0 amide bonds. The Kier molecular flexibility index (Phi) is 5.39. The summed E-state index contributed by atoms with van der Waals surface area (Å²) in [6, 6.07) is 37.3. The molecule has 0 bridgehead atoms.